The molecule has 3 rings (SSSR count). The lowest BCUT2D eigenvalue weighted by Crippen LogP contribution is -2.25. The zero-order valence-corrected chi connectivity index (χ0v) is 16.5. The van der Waals surface area contributed by atoms with Crippen molar-refractivity contribution in [2.45, 2.75) is 6.61 Å². The molecule has 0 bridgehead atoms. The number of hydrogen-bond acceptors (Lipinski definition) is 5. The molecular formula is C18H14BrN3O4S. The van der Waals surface area contributed by atoms with E-state index in [1.165, 1.54) is 17.0 Å². The van der Waals surface area contributed by atoms with Gasteiger partial charge >= 0.3 is 0 Å². The normalized spacial score (nSPS) is 15.2. The number of nitrogens with zero attached hydrogens (tertiary/aromatic N) is 2. The van der Waals surface area contributed by atoms with Gasteiger partial charge in [-0.2, -0.15) is 0 Å². The van der Waals surface area contributed by atoms with Crippen LogP contribution in [0.5, 0.6) is 5.75 Å². The monoisotopic (exact) mass is 447 g/mol. The van der Waals surface area contributed by atoms with Crippen molar-refractivity contribution in [2.75, 3.05) is 7.05 Å². The molecular weight excluding hydrogens is 434 g/mol. The largest absolute Gasteiger partial charge is 0.488 e. The highest BCUT2D eigenvalue weighted by Gasteiger charge is 2.27. The Kier molecular flexibility index (Phi) is 5.52. The first-order valence-electron chi connectivity index (χ1n) is 7.81. The van der Waals surface area contributed by atoms with Gasteiger partial charge < -0.3 is 10.1 Å². The van der Waals surface area contributed by atoms with Gasteiger partial charge in [0.25, 0.3) is 11.6 Å². The molecule has 2 aromatic rings. The zero-order chi connectivity index (χ0) is 19.6. The number of likely N-dealkylation sites (N-methyl/N-ethyl adjacent to an activating group) is 1. The molecule has 7 nitrogen and oxygen atoms in total. The number of hydrogen-bond donors (Lipinski definition) is 1. The summed E-state index contributed by atoms with van der Waals surface area (Å²) in [6.07, 6.45) is 1.66. The van der Waals surface area contributed by atoms with E-state index in [1.807, 2.05) is 12.1 Å². The molecule has 27 heavy (non-hydrogen) atoms. The Morgan fingerprint density at radius 3 is 2.78 bits per heavy atom. The fourth-order valence-corrected chi connectivity index (χ4v) is 3.03. The minimum atomic E-state index is -0.449. The highest BCUT2D eigenvalue weighted by Crippen LogP contribution is 2.27. The van der Waals surface area contributed by atoms with Crippen LogP contribution >= 0.6 is 28.1 Å². The smallest absolute Gasteiger partial charge is 0.276 e. The molecule has 1 saturated heterocycles. The maximum absolute atomic E-state index is 12.2. The second-order valence-electron chi connectivity index (χ2n) is 5.75. The number of amides is 1. The van der Waals surface area contributed by atoms with Crippen molar-refractivity contribution < 1.29 is 14.5 Å². The van der Waals surface area contributed by atoms with E-state index in [2.05, 4.69) is 21.2 Å². The van der Waals surface area contributed by atoms with Gasteiger partial charge in [-0.3, -0.25) is 19.8 Å². The molecule has 0 unspecified atom stereocenters. The molecule has 1 amide bonds. The van der Waals surface area contributed by atoms with Crippen LogP contribution in [0.25, 0.3) is 6.08 Å². The summed E-state index contributed by atoms with van der Waals surface area (Å²) < 4.78 is 6.66. The average molecular weight is 448 g/mol. The van der Waals surface area contributed by atoms with E-state index >= 15 is 0 Å². The van der Waals surface area contributed by atoms with Crippen molar-refractivity contribution in [3.8, 4) is 5.75 Å². The van der Waals surface area contributed by atoms with Gasteiger partial charge in [0.05, 0.1) is 4.92 Å². The number of nitro groups is 1. The predicted molar refractivity (Wildman–Crippen MR) is 108 cm³/mol. The molecule has 1 heterocycles. The van der Waals surface area contributed by atoms with Gasteiger partial charge in [-0.1, -0.05) is 28.1 Å². The number of rotatable bonds is 5. The second kappa shape index (κ2) is 7.85. The predicted octanol–water partition coefficient (Wildman–Crippen LogP) is 3.62. The van der Waals surface area contributed by atoms with E-state index in [-0.39, 0.29) is 18.2 Å². The first-order chi connectivity index (χ1) is 12.8. The number of carbonyl (C=O) groups excluding carboxylic acids is 1. The fourth-order valence-electron chi connectivity index (χ4n) is 2.46. The third-order valence-corrected chi connectivity index (χ3v) is 4.74. The van der Waals surface area contributed by atoms with E-state index in [0.717, 1.165) is 4.47 Å². The summed E-state index contributed by atoms with van der Waals surface area (Å²) in [5, 5.41) is 14.1. The lowest BCUT2D eigenvalue weighted by molar-refractivity contribution is -0.384. The molecule has 1 fully saturated rings. The van der Waals surface area contributed by atoms with Crippen LogP contribution in [0.15, 0.2) is 52.6 Å². The Morgan fingerprint density at radius 2 is 2.11 bits per heavy atom. The Hall–Kier alpha value is -2.78. The van der Waals surface area contributed by atoms with E-state index < -0.39 is 4.92 Å². The third-order valence-electron chi connectivity index (χ3n) is 3.87. The topological polar surface area (TPSA) is 84.7 Å². The van der Waals surface area contributed by atoms with E-state index in [0.29, 0.717) is 27.7 Å². The third kappa shape index (κ3) is 4.32. The minimum Gasteiger partial charge on any atom is -0.488 e. The lowest BCUT2D eigenvalue weighted by Gasteiger charge is -2.10. The van der Waals surface area contributed by atoms with Crippen LogP contribution in [0.1, 0.15) is 11.1 Å². The summed E-state index contributed by atoms with van der Waals surface area (Å²) in [6, 6.07) is 11.6. The SMILES string of the molecule is CN1C(=O)C(=Cc2cc(Br)ccc2OCc2cccc([N+](=O)[O-])c2)NC1=S. The van der Waals surface area contributed by atoms with Gasteiger partial charge in [-0.25, -0.2) is 0 Å². The van der Waals surface area contributed by atoms with Crippen molar-refractivity contribution >= 4 is 50.9 Å². The summed E-state index contributed by atoms with van der Waals surface area (Å²) in [5.74, 6) is 0.303. The lowest BCUT2D eigenvalue weighted by atomic mass is 10.1. The molecule has 1 aliphatic rings. The molecule has 1 N–H and O–H groups in total. The van der Waals surface area contributed by atoms with Crippen LogP contribution in [-0.4, -0.2) is 27.9 Å². The highest BCUT2D eigenvalue weighted by molar-refractivity contribution is 9.10. The first-order valence-corrected chi connectivity index (χ1v) is 9.01. The summed E-state index contributed by atoms with van der Waals surface area (Å²) in [5.41, 5.74) is 1.69. The van der Waals surface area contributed by atoms with Crippen molar-refractivity contribution in [2.24, 2.45) is 0 Å². The van der Waals surface area contributed by atoms with Gasteiger partial charge in [0.2, 0.25) is 0 Å². The Labute approximate surface area is 168 Å². The van der Waals surface area contributed by atoms with Gasteiger partial charge in [0, 0.05) is 29.2 Å². The van der Waals surface area contributed by atoms with Crippen molar-refractivity contribution in [1.29, 1.82) is 0 Å². The van der Waals surface area contributed by atoms with Crippen LogP contribution in [0.2, 0.25) is 0 Å². The number of thiocarbonyl (C=S) groups is 1. The van der Waals surface area contributed by atoms with Crippen molar-refractivity contribution in [3.05, 3.63) is 73.9 Å². The standard InChI is InChI=1S/C18H14BrN3O4S/c1-21-17(23)15(20-18(21)27)9-12-8-13(19)5-6-16(12)26-10-11-3-2-4-14(7-11)22(24)25/h2-9H,10H2,1H3,(H,20,27). The molecule has 2 aromatic carbocycles. The van der Waals surface area contributed by atoms with Gasteiger partial charge in [0.1, 0.15) is 18.1 Å². The average Bonchev–Trinajstić information content (AvgIpc) is 2.88. The van der Waals surface area contributed by atoms with E-state index in [1.54, 1.807) is 31.3 Å². The number of ether oxygens (including phenoxy) is 1. The maximum atomic E-state index is 12.2. The maximum Gasteiger partial charge on any atom is 0.276 e. The van der Waals surface area contributed by atoms with Gasteiger partial charge in [-0.05, 0) is 42.1 Å². The number of carbonyl (C=O) groups is 1. The van der Waals surface area contributed by atoms with Crippen LogP contribution in [-0.2, 0) is 11.4 Å². The fraction of sp³-hybridized carbons (Fsp3) is 0.111. The number of benzene rings is 2. The van der Waals surface area contributed by atoms with Crippen LogP contribution < -0.4 is 10.1 Å². The molecule has 138 valence electrons. The minimum absolute atomic E-state index is 0.00606. The summed E-state index contributed by atoms with van der Waals surface area (Å²) in [7, 11) is 1.60. The Bertz CT molecular complexity index is 977. The number of nitrogens with one attached hydrogen (secondary N) is 1. The van der Waals surface area contributed by atoms with Crippen LogP contribution in [0.3, 0.4) is 0 Å². The summed E-state index contributed by atoms with van der Waals surface area (Å²) >= 11 is 8.48. The van der Waals surface area contributed by atoms with Crippen molar-refractivity contribution in [3.63, 3.8) is 0 Å². The van der Waals surface area contributed by atoms with Crippen molar-refractivity contribution in [1.82, 2.24) is 10.2 Å². The summed E-state index contributed by atoms with van der Waals surface area (Å²) in [4.78, 5) is 24.0. The Balaban J connectivity index is 1.85. The van der Waals surface area contributed by atoms with E-state index in [4.69, 9.17) is 17.0 Å². The van der Waals surface area contributed by atoms with Crippen LogP contribution in [0.4, 0.5) is 5.69 Å². The molecule has 1 aliphatic heterocycles. The number of halogens is 1. The molecule has 9 heteroatoms. The van der Waals surface area contributed by atoms with E-state index in [9.17, 15) is 14.9 Å². The molecule has 0 spiro atoms. The van der Waals surface area contributed by atoms with Gasteiger partial charge in [0.15, 0.2) is 5.11 Å². The molecule has 0 aromatic heterocycles. The summed E-state index contributed by atoms with van der Waals surface area (Å²) in [6.45, 7) is 0.152. The zero-order valence-electron chi connectivity index (χ0n) is 14.1. The molecule has 0 saturated carbocycles. The highest BCUT2D eigenvalue weighted by atomic mass is 79.9. The van der Waals surface area contributed by atoms with Crippen LogP contribution in [0, 0.1) is 10.1 Å². The molecule has 0 aliphatic carbocycles. The van der Waals surface area contributed by atoms with Gasteiger partial charge in [-0.15, -0.1) is 0 Å². The second-order valence-corrected chi connectivity index (χ2v) is 7.05. The quantitative estimate of drug-likeness (QED) is 0.326. The number of non-ortho nitro benzene ring substituents is 1. The molecule has 0 radical (unpaired) electrons. The number of nitro benzene ring substituents is 1. The molecule has 0 atom stereocenters. The first kappa shape index (κ1) is 19.0. The Morgan fingerprint density at radius 1 is 1.33 bits per heavy atom.